The third-order valence-electron chi connectivity index (χ3n) is 5.10. The van der Waals surface area contributed by atoms with Crippen molar-refractivity contribution in [1.82, 2.24) is 10.3 Å². The molecule has 0 aliphatic heterocycles. The van der Waals surface area contributed by atoms with Crippen molar-refractivity contribution in [3.8, 4) is 5.75 Å². The molecule has 4 rings (SSSR count). The van der Waals surface area contributed by atoms with E-state index in [9.17, 15) is 13.2 Å². The van der Waals surface area contributed by atoms with Gasteiger partial charge in [-0.2, -0.15) is 0 Å². The second-order valence-electron chi connectivity index (χ2n) is 6.88. The van der Waals surface area contributed by atoms with Crippen molar-refractivity contribution >= 4 is 23.2 Å². The van der Waals surface area contributed by atoms with Gasteiger partial charge in [-0.05, 0) is 55.0 Å². The Bertz CT molecular complexity index is 976. The molecule has 28 heavy (non-hydrogen) atoms. The van der Waals surface area contributed by atoms with E-state index in [1.165, 1.54) is 19.1 Å². The Morgan fingerprint density at radius 1 is 1.11 bits per heavy atom. The highest BCUT2D eigenvalue weighted by molar-refractivity contribution is 5.85. The number of fused-ring (bicyclic) bond motifs is 1. The maximum absolute atomic E-state index is 14.3. The van der Waals surface area contributed by atoms with Crippen molar-refractivity contribution in [1.29, 1.82) is 0 Å². The van der Waals surface area contributed by atoms with Crippen molar-refractivity contribution in [3.63, 3.8) is 0 Å². The van der Waals surface area contributed by atoms with Crippen LogP contribution in [0, 0.1) is 24.4 Å². The molecule has 1 N–H and O–H groups in total. The Balaban J connectivity index is 0.00000225. The van der Waals surface area contributed by atoms with E-state index in [1.54, 1.807) is 24.5 Å². The summed E-state index contributed by atoms with van der Waals surface area (Å²) in [5, 5.41) is 5.03. The predicted molar refractivity (Wildman–Crippen MR) is 104 cm³/mol. The number of aryl methyl sites for hydroxylation is 1. The largest absolute Gasteiger partial charge is 0.489 e. The van der Waals surface area contributed by atoms with Crippen LogP contribution in [-0.2, 0) is 6.54 Å². The Hall–Kier alpha value is -2.31. The number of benzene rings is 2. The lowest BCUT2D eigenvalue weighted by atomic mass is 9.88. The number of pyridine rings is 1. The molecule has 1 heterocycles. The average molecular weight is 409 g/mol. The normalized spacial score (nSPS) is 18.4. The van der Waals surface area contributed by atoms with Crippen LogP contribution in [0.2, 0.25) is 0 Å². The first kappa shape index (κ1) is 20.4. The first-order valence-corrected chi connectivity index (χ1v) is 8.89. The topological polar surface area (TPSA) is 34.1 Å². The first-order valence-electron chi connectivity index (χ1n) is 8.89. The molecular formula is C21H20ClF3N2O. The molecule has 1 fully saturated rings. The summed E-state index contributed by atoms with van der Waals surface area (Å²) in [5.41, 5.74) is 0.796. The number of nitrogens with zero attached hydrogens (tertiary/aromatic N) is 1. The van der Waals surface area contributed by atoms with Gasteiger partial charge in [0.2, 0.25) is 0 Å². The van der Waals surface area contributed by atoms with Gasteiger partial charge in [0.05, 0.1) is 0 Å². The molecule has 7 heteroatoms. The van der Waals surface area contributed by atoms with Crippen LogP contribution in [0.1, 0.15) is 24.0 Å². The Labute approximate surface area is 167 Å². The quantitative estimate of drug-likeness (QED) is 0.639. The molecular weight excluding hydrogens is 389 g/mol. The zero-order valence-corrected chi connectivity index (χ0v) is 16.0. The molecule has 0 saturated heterocycles. The monoisotopic (exact) mass is 408 g/mol. The number of hydrogen-bond acceptors (Lipinski definition) is 3. The molecule has 0 spiro atoms. The maximum Gasteiger partial charge on any atom is 0.162 e. The molecule has 0 amide bonds. The second kappa shape index (κ2) is 8.37. The van der Waals surface area contributed by atoms with E-state index in [4.69, 9.17) is 4.74 Å². The smallest absolute Gasteiger partial charge is 0.162 e. The molecule has 3 nitrogen and oxygen atoms in total. The van der Waals surface area contributed by atoms with Crippen LogP contribution >= 0.6 is 12.4 Å². The van der Waals surface area contributed by atoms with Crippen molar-refractivity contribution < 1.29 is 17.9 Å². The van der Waals surface area contributed by atoms with Gasteiger partial charge >= 0.3 is 0 Å². The van der Waals surface area contributed by atoms with Crippen molar-refractivity contribution in [2.45, 2.75) is 38.5 Å². The van der Waals surface area contributed by atoms with E-state index in [2.05, 4.69) is 10.3 Å². The van der Waals surface area contributed by atoms with E-state index >= 15 is 0 Å². The average Bonchev–Trinajstić information content (AvgIpc) is 2.65. The Kier molecular flexibility index (Phi) is 6.10. The molecule has 1 aliphatic carbocycles. The van der Waals surface area contributed by atoms with Crippen molar-refractivity contribution in [3.05, 3.63) is 71.3 Å². The number of ether oxygens (including phenoxy) is 1. The zero-order valence-electron chi connectivity index (χ0n) is 15.2. The predicted octanol–water partition coefficient (Wildman–Crippen LogP) is 5.08. The highest BCUT2D eigenvalue weighted by Crippen LogP contribution is 2.29. The number of hydrogen-bond donors (Lipinski definition) is 1. The summed E-state index contributed by atoms with van der Waals surface area (Å²) >= 11 is 0. The summed E-state index contributed by atoms with van der Waals surface area (Å²) < 4.78 is 47.1. The molecule has 0 radical (unpaired) electrons. The first-order chi connectivity index (χ1) is 13.0. The molecule has 0 unspecified atom stereocenters. The van der Waals surface area contributed by atoms with Gasteiger partial charge in [0.25, 0.3) is 0 Å². The summed E-state index contributed by atoms with van der Waals surface area (Å²) in [6.45, 7) is 1.86. The van der Waals surface area contributed by atoms with Crippen LogP contribution in [0.5, 0.6) is 5.75 Å². The summed E-state index contributed by atoms with van der Waals surface area (Å²) in [5.74, 6) is -1.73. The minimum atomic E-state index is -0.916. The third-order valence-corrected chi connectivity index (χ3v) is 5.10. The van der Waals surface area contributed by atoms with Crippen LogP contribution in [0.15, 0.2) is 42.7 Å². The molecule has 2 atom stereocenters. The zero-order chi connectivity index (χ0) is 19.0. The molecule has 1 aliphatic rings. The summed E-state index contributed by atoms with van der Waals surface area (Å²) in [7, 11) is 0. The lowest BCUT2D eigenvalue weighted by molar-refractivity contribution is 0.0712. The van der Waals surface area contributed by atoms with E-state index in [1.807, 2.05) is 0 Å². The molecule has 0 bridgehead atoms. The minimum Gasteiger partial charge on any atom is -0.489 e. The highest BCUT2D eigenvalue weighted by atomic mass is 35.5. The van der Waals surface area contributed by atoms with Gasteiger partial charge < -0.3 is 10.1 Å². The SMILES string of the molecule is Cc1cc(O[C@@H]2CC[C@H]2NCc2c(F)ccc3cnccc23)cc(F)c1F.Cl. The second-order valence-corrected chi connectivity index (χ2v) is 6.88. The van der Waals surface area contributed by atoms with E-state index in [0.717, 1.165) is 29.7 Å². The van der Waals surface area contributed by atoms with Gasteiger partial charge in [0.15, 0.2) is 11.6 Å². The lowest BCUT2D eigenvalue weighted by Crippen LogP contribution is -2.50. The van der Waals surface area contributed by atoms with Gasteiger partial charge in [-0.15, -0.1) is 12.4 Å². The fourth-order valence-corrected chi connectivity index (χ4v) is 3.40. The standard InChI is InChI=1S/C21H19F3N2O.ClH/c1-12-8-14(9-18(23)21(12)24)27-20-5-4-19(20)26-11-16-15-6-7-25-10-13(15)2-3-17(16)22;/h2-3,6-10,19-20,26H,4-5,11H2,1H3;1H/t19-,20-;/m1./s1. The minimum absolute atomic E-state index is 0. The third kappa shape index (κ3) is 3.93. The van der Waals surface area contributed by atoms with Gasteiger partial charge in [-0.3, -0.25) is 4.98 Å². The molecule has 1 aromatic heterocycles. The van der Waals surface area contributed by atoms with Crippen LogP contribution in [0.4, 0.5) is 13.2 Å². The van der Waals surface area contributed by atoms with Gasteiger partial charge in [-0.25, -0.2) is 13.2 Å². The van der Waals surface area contributed by atoms with Crippen LogP contribution < -0.4 is 10.1 Å². The van der Waals surface area contributed by atoms with E-state index < -0.39 is 11.6 Å². The van der Waals surface area contributed by atoms with Gasteiger partial charge in [0, 0.05) is 42.0 Å². The Morgan fingerprint density at radius 3 is 2.64 bits per heavy atom. The lowest BCUT2D eigenvalue weighted by Gasteiger charge is -2.37. The summed E-state index contributed by atoms with van der Waals surface area (Å²) in [4.78, 5) is 4.07. The van der Waals surface area contributed by atoms with E-state index in [0.29, 0.717) is 17.9 Å². The van der Waals surface area contributed by atoms with E-state index in [-0.39, 0.29) is 35.9 Å². The van der Waals surface area contributed by atoms with Gasteiger partial charge in [0.1, 0.15) is 17.7 Å². The van der Waals surface area contributed by atoms with Crippen molar-refractivity contribution in [2.75, 3.05) is 0 Å². The number of aromatic nitrogens is 1. The van der Waals surface area contributed by atoms with Crippen LogP contribution in [0.25, 0.3) is 10.8 Å². The Morgan fingerprint density at radius 2 is 1.93 bits per heavy atom. The number of halogens is 4. The molecule has 148 valence electrons. The van der Waals surface area contributed by atoms with Crippen molar-refractivity contribution in [2.24, 2.45) is 0 Å². The number of rotatable bonds is 5. The molecule has 1 saturated carbocycles. The van der Waals surface area contributed by atoms with Crippen LogP contribution in [0.3, 0.4) is 0 Å². The number of nitrogens with one attached hydrogen (secondary N) is 1. The molecule has 3 aromatic rings. The summed E-state index contributed by atoms with van der Waals surface area (Å²) in [6, 6.07) is 7.53. The maximum atomic E-state index is 14.3. The van der Waals surface area contributed by atoms with Gasteiger partial charge in [-0.1, -0.05) is 0 Å². The summed E-state index contributed by atoms with van der Waals surface area (Å²) in [6.07, 6.45) is 4.87. The van der Waals surface area contributed by atoms with Crippen LogP contribution in [-0.4, -0.2) is 17.1 Å². The fraction of sp³-hybridized carbons (Fsp3) is 0.286. The highest BCUT2D eigenvalue weighted by Gasteiger charge is 2.33. The molecule has 2 aromatic carbocycles. The fourth-order valence-electron chi connectivity index (χ4n) is 3.40.